The summed E-state index contributed by atoms with van der Waals surface area (Å²) in [7, 11) is 0. The summed E-state index contributed by atoms with van der Waals surface area (Å²) in [5, 5.41) is 13.9. The molecular weight excluding hydrogens is 534 g/mol. The Morgan fingerprint density at radius 2 is 1.72 bits per heavy atom. The largest absolute Gasteiger partial charge is 0.361 e. The first kappa shape index (κ1) is 28.6. The lowest BCUT2D eigenvalue weighted by atomic mass is 9.90. The average molecular weight is 572 g/mol. The lowest BCUT2D eigenvalue weighted by molar-refractivity contribution is 0.0905. The molecule has 43 heavy (non-hydrogen) atoms. The van der Waals surface area contributed by atoms with Crippen LogP contribution in [0.2, 0.25) is 0 Å². The second-order valence-electron chi connectivity index (χ2n) is 12.2. The molecule has 0 saturated heterocycles. The Labute approximate surface area is 253 Å². The molecule has 6 rings (SSSR count). The summed E-state index contributed by atoms with van der Waals surface area (Å²) in [6.45, 7) is 6.80. The molecule has 0 aliphatic heterocycles. The topological polar surface area (TPSA) is 87.2 Å². The molecule has 0 amide bonds. The maximum atomic E-state index is 13.3. The fourth-order valence-corrected chi connectivity index (χ4v) is 6.56. The van der Waals surface area contributed by atoms with E-state index < -0.39 is 0 Å². The van der Waals surface area contributed by atoms with Gasteiger partial charge in [-0.3, -0.25) is 9.59 Å². The van der Waals surface area contributed by atoms with E-state index in [9.17, 15) is 14.9 Å². The molecule has 6 nitrogen and oxygen atoms in total. The van der Waals surface area contributed by atoms with Crippen molar-refractivity contribution in [2.24, 2.45) is 5.92 Å². The van der Waals surface area contributed by atoms with E-state index in [0.717, 1.165) is 83.7 Å². The van der Waals surface area contributed by atoms with E-state index in [1.165, 1.54) is 0 Å². The Morgan fingerprint density at radius 1 is 0.977 bits per heavy atom. The van der Waals surface area contributed by atoms with Crippen LogP contribution in [0.5, 0.6) is 0 Å². The summed E-state index contributed by atoms with van der Waals surface area (Å²) in [6, 6.07) is 24.7. The van der Waals surface area contributed by atoms with Gasteiger partial charge >= 0.3 is 0 Å². The molecule has 1 atom stereocenters. The minimum absolute atomic E-state index is 0.0686. The summed E-state index contributed by atoms with van der Waals surface area (Å²) >= 11 is 0. The summed E-state index contributed by atoms with van der Waals surface area (Å²) in [4.78, 5) is 28.3. The number of anilines is 2. The minimum atomic E-state index is -0.326. The van der Waals surface area contributed by atoms with Crippen molar-refractivity contribution in [2.45, 2.75) is 71.1 Å². The van der Waals surface area contributed by atoms with Gasteiger partial charge in [0.15, 0.2) is 11.6 Å². The van der Waals surface area contributed by atoms with Crippen molar-refractivity contribution in [2.75, 3.05) is 11.4 Å². The number of carbonyl (C=O) groups is 2. The molecule has 2 aliphatic rings. The number of aryl methyl sites for hydroxylation is 3. The highest BCUT2D eigenvalue weighted by Crippen LogP contribution is 2.48. The first-order valence-electron chi connectivity index (χ1n) is 15.3. The number of hydrogen-bond acceptors (Lipinski definition) is 6. The van der Waals surface area contributed by atoms with E-state index in [2.05, 4.69) is 65.5 Å². The molecule has 1 unspecified atom stereocenters. The second-order valence-corrected chi connectivity index (χ2v) is 12.2. The first-order chi connectivity index (χ1) is 20.8. The van der Waals surface area contributed by atoms with Gasteiger partial charge in [-0.05, 0) is 87.8 Å². The van der Waals surface area contributed by atoms with E-state index in [1.54, 1.807) is 12.1 Å². The van der Waals surface area contributed by atoms with Gasteiger partial charge in [-0.25, -0.2) is 0 Å². The molecule has 1 fully saturated rings. The highest BCUT2D eigenvalue weighted by Gasteiger charge is 2.44. The van der Waals surface area contributed by atoms with Crippen molar-refractivity contribution in [1.29, 1.82) is 5.26 Å². The van der Waals surface area contributed by atoms with Gasteiger partial charge in [0.25, 0.3) is 0 Å². The highest BCUT2D eigenvalue weighted by molar-refractivity contribution is 6.11. The molecule has 3 aromatic carbocycles. The van der Waals surface area contributed by atoms with Gasteiger partial charge in [0.2, 0.25) is 0 Å². The number of Topliss-reactive ketones (excluding diaryl/α,β-unsaturated/α-hetero) is 2. The maximum Gasteiger partial charge on any atom is 0.166 e. The second kappa shape index (κ2) is 11.6. The van der Waals surface area contributed by atoms with Gasteiger partial charge in [-0.1, -0.05) is 60.1 Å². The molecule has 6 heteroatoms. The average Bonchev–Trinajstić information content (AvgIpc) is 3.78. The Kier molecular flexibility index (Phi) is 7.75. The molecule has 4 aromatic rings. The fraction of sp³-hybridized carbons (Fsp3) is 0.351. The zero-order chi connectivity index (χ0) is 30.1. The zero-order valence-electron chi connectivity index (χ0n) is 25.2. The number of ketones is 2. The Balaban J connectivity index is 1.24. The van der Waals surface area contributed by atoms with E-state index in [0.29, 0.717) is 24.0 Å². The molecule has 0 N–H and O–H groups in total. The molecule has 1 aromatic heterocycles. The van der Waals surface area contributed by atoms with E-state index in [-0.39, 0.29) is 22.9 Å². The normalized spacial score (nSPS) is 17.2. The van der Waals surface area contributed by atoms with E-state index >= 15 is 0 Å². The Morgan fingerprint density at radius 3 is 2.40 bits per heavy atom. The SMILES string of the molecule is Cc1ccc(-c2c(C)noc2C)cc1N(CCCCC1CCC(=O)c2ccccc2C1=O)c1ccc(C2(C#N)CC2)cc1. The molecule has 0 spiro atoms. The lowest BCUT2D eigenvalue weighted by Crippen LogP contribution is -2.20. The third-order valence-corrected chi connectivity index (χ3v) is 9.29. The maximum absolute atomic E-state index is 13.3. The first-order valence-corrected chi connectivity index (χ1v) is 15.3. The van der Waals surface area contributed by atoms with Crippen molar-refractivity contribution in [1.82, 2.24) is 5.16 Å². The van der Waals surface area contributed by atoms with Crippen LogP contribution in [0.4, 0.5) is 11.4 Å². The number of rotatable bonds is 9. The van der Waals surface area contributed by atoms with Crippen molar-refractivity contribution < 1.29 is 14.1 Å². The van der Waals surface area contributed by atoms with Gasteiger partial charge < -0.3 is 9.42 Å². The molecule has 0 radical (unpaired) electrons. The summed E-state index contributed by atoms with van der Waals surface area (Å²) in [5.74, 6) is 0.829. The van der Waals surface area contributed by atoms with Crippen LogP contribution in [0.15, 0.2) is 71.3 Å². The van der Waals surface area contributed by atoms with Crippen LogP contribution in [0.3, 0.4) is 0 Å². The van der Waals surface area contributed by atoms with Crippen molar-refractivity contribution >= 4 is 22.9 Å². The number of fused-ring (bicyclic) bond motifs is 1. The highest BCUT2D eigenvalue weighted by atomic mass is 16.5. The zero-order valence-corrected chi connectivity index (χ0v) is 25.2. The smallest absolute Gasteiger partial charge is 0.166 e. The number of nitrogens with zero attached hydrogens (tertiary/aromatic N) is 3. The van der Waals surface area contributed by atoms with Crippen molar-refractivity contribution in [3.63, 3.8) is 0 Å². The standard InChI is InChI=1S/C37H37N3O3/c1-24-11-12-28(35-25(2)39-43-26(35)3)22-33(24)40(30-16-14-29(15-17-30)37(23-38)19-20-37)21-7-6-8-27-13-18-34(41)31-9-4-5-10-32(31)36(27)42/h4-5,9-12,14-17,22,27H,6-8,13,18-21H2,1-3H3. The van der Waals surface area contributed by atoms with Crippen LogP contribution in [-0.2, 0) is 5.41 Å². The van der Waals surface area contributed by atoms with E-state index in [1.807, 2.05) is 26.0 Å². The molecule has 0 bridgehead atoms. The van der Waals surface area contributed by atoms with Gasteiger partial charge in [0, 0.05) is 46.9 Å². The molecule has 2 aliphatic carbocycles. The number of unbranched alkanes of at least 4 members (excludes halogenated alkanes) is 1. The predicted molar refractivity (Wildman–Crippen MR) is 168 cm³/mol. The number of benzene rings is 3. The number of nitriles is 1. The van der Waals surface area contributed by atoms with Crippen LogP contribution < -0.4 is 4.90 Å². The summed E-state index contributed by atoms with van der Waals surface area (Å²) < 4.78 is 5.47. The third-order valence-electron chi connectivity index (χ3n) is 9.29. The number of carbonyl (C=O) groups excluding carboxylic acids is 2. The van der Waals surface area contributed by atoms with Crippen LogP contribution >= 0.6 is 0 Å². The molecule has 1 saturated carbocycles. The number of aromatic nitrogens is 1. The Hall–Kier alpha value is -4.50. The van der Waals surface area contributed by atoms with Gasteiger partial charge in [-0.2, -0.15) is 5.26 Å². The van der Waals surface area contributed by atoms with E-state index in [4.69, 9.17) is 4.52 Å². The summed E-state index contributed by atoms with van der Waals surface area (Å²) in [5.41, 5.74) is 8.19. The predicted octanol–water partition coefficient (Wildman–Crippen LogP) is 8.61. The lowest BCUT2D eigenvalue weighted by Gasteiger charge is -2.28. The molecule has 1 heterocycles. The summed E-state index contributed by atoms with van der Waals surface area (Å²) in [6.07, 6.45) is 5.39. The minimum Gasteiger partial charge on any atom is -0.361 e. The van der Waals surface area contributed by atoms with Crippen LogP contribution in [-0.4, -0.2) is 23.3 Å². The quantitative estimate of drug-likeness (QED) is 0.148. The molecular formula is C37H37N3O3. The van der Waals surface area contributed by atoms with Gasteiger partial charge in [-0.15, -0.1) is 0 Å². The Bertz CT molecular complexity index is 1700. The molecule has 218 valence electrons. The van der Waals surface area contributed by atoms with Crippen LogP contribution in [0, 0.1) is 38.0 Å². The van der Waals surface area contributed by atoms with Crippen LogP contribution in [0.25, 0.3) is 11.1 Å². The van der Waals surface area contributed by atoms with Crippen molar-refractivity contribution in [3.05, 3.63) is 100 Å². The third kappa shape index (κ3) is 5.52. The fourth-order valence-electron chi connectivity index (χ4n) is 6.56. The number of hydrogen-bond donors (Lipinski definition) is 0. The van der Waals surface area contributed by atoms with Gasteiger partial charge in [0.1, 0.15) is 5.76 Å². The van der Waals surface area contributed by atoms with Gasteiger partial charge in [0.05, 0.1) is 17.2 Å². The monoisotopic (exact) mass is 571 g/mol. The van der Waals surface area contributed by atoms with Crippen LogP contribution in [0.1, 0.15) is 88.2 Å². The van der Waals surface area contributed by atoms with Crippen molar-refractivity contribution in [3.8, 4) is 17.2 Å².